The Morgan fingerprint density at radius 2 is 1.81 bits per heavy atom. The molecule has 0 unspecified atom stereocenters. The van der Waals surface area contributed by atoms with E-state index in [4.69, 9.17) is 16.3 Å². The molecule has 0 aromatic heterocycles. The predicted octanol–water partition coefficient (Wildman–Crippen LogP) is 3.94. The molecule has 0 saturated carbocycles. The van der Waals surface area contributed by atoms with Crippen LogP contribution in [0.5, 0.6) is 5.75 Å². The number of amides is 2. The number of aryl methyl sites for hydroxylation is 1. The number of methoxy groups -OCH3 is 1. The Morgan fingerprint density at radius 1 is 1.12 bits per heavy atom. The van der Waals surface area contributed by atoms with Crippen molar-refractivity contribution >= 4 is 29.1 Å². The molecule has 2 N–H and O–H groups in total. The predicted molar refractivity (Wildman–Crippen MR) is 103 cm³/mol. The molecule has 2 aromatic carbocycles. The van der Waals surface area contributed by atoms with Gasteiger partial charge in [0, 0.05) is 12.2 Å². The van der Waals surface area contributed by atoms with E-state index in [0.29, 0.717) is 23.0 Å². The molecule has 0 spiro atoms. The van der Waals surface area contributed by atoms with E-state index in [0.717, 1.165) is 11.1 Å². The third kappa shape index (κ3) is 4.55. The van der Waals surface area contributed by atoms with Gasteiger partial charge in [0.25, 0.3) is 0 Å². The average Bonchev–Trinajstić information content (AvgIpc) is 2.60. The van der Waals surface area contributed by atoms with Gasteiger partial charge in [0.2, 0.25) is 11.8 Å². The summed E-state index contributed by atoms with van der Waals surface area (Å²) in [6.07, 6.45) is 0. The number of rotatable bonds is 6. The van der Waals surface area contributed by atoms with Gasteiger partial charge in [0.05, 0.1) is 12.1 Å². The maximum atomic E-state index is 12.6. The van der Waals surface area contributed by atoms with E-state index in [9.17, 15) is 9.59 Å². The lowest BCUT2D eigenvalue weighted by atomic mass is 9.90. The first-order valence-corrected chi connectivity index (χ1v) is 8.61. The van der Waals surface area contributed by atoms with Crippen LogP contribution in [-0.2, 0) is 16.1 Å². The Balaban J connectivity index is 2.03. The quantitative estimate of drug-likeness (QED) is 0.752. The van der Waals surface area contributed by atoms with Crippen molar-refractivity contribution in [1.29, 1.82) is 0 Å². The van der Waals surface area contributed by atoms with Crippen molar-refractivity contribution in [2.45, 2.75) is 27.3 Å². The van der Waals surface area contributed by atoms with Crippen molar-refractivity contribution in [1.82, 2.24) is 5.32 Å². The Kier molecular flexibility index (Phi) is 6.27. The smallest absolute Gasteiger partial charge is 0.239 e. The largest absolute Gasteiger partial charge is 0.495 e. The molecule has 0 bridgehead atoms. The minimum absolute atomic E-state index is 0.349. The van der Waals surface area contributed by atoms with Gasteiger partial charge in [-0.3, -0.25) is 9.59 Å². The van der Waals surface area contributed by atoms with Crippen LogP contribution in [0.4, 0.5) is 5.69 Å². The molecule has 2 amide bonds. The maximum absolute atomic E-state index is 12.6. The summed E-state index contributed by atoms with van der Waals surface area (Å²) in [6.45, 7) is 5.52. The lowest BCUT2D eigenvalue weighted by molar-refractivity contribution is -0.138. The number of nitrogens with one attached hydrogen (secondary N) is 2. The van der Waals surface area contributed by atoms with E-state index in [1.165, 1.54) is 7.11 Å². The van der Waals surface area contributed by atoms with Gasteiger partial charge in [-0.15, -0.1) is 0 Å². The zero-order valence-corrected chi connectivity index (χ0v) is 16.1. The SMILES string of the molecule is COc1ccc(NC(=O)C(C)(C)C(=O)NCc2ccccc2C)cc1Cl. The number of carbonyl (C=O) groups excluding carboxylic acids is 2. The summed E-state index contributed by atoms with van der Waals surface area (Å²) in [6, 6.07) is 12.7. The molecule has 0 saturated heterocycles. The minimum Gasteiger partial charge on any atom is -0.495 e. The molecular weight excluding hydrogens is 352 g/mol. The van der Waals surface area contributed by atoms with Gasteiger partial charge >= 0.3 is 0 Å². The molecule has 2 rings (SSSR count). The van der Waals surface area contributed by atoms with Crippen molar-refractivity contribution in [3.8, 4) is 5.75 Å². The van der Waals surface area contributed by atoms with Crippen LogP contribution in [0.2, 0.25) is 5.02 Å². The van der Waals surface area contributed by atoms with Gasteiger partial charge in [-0.05, 0) is 50.1 Å². The van der Waals surface area contributed by atoms with Crippen molar-refractivity contribution in [3.05, 3.63) is 58.6 Å². The summed E-state index contributed by atoms with van der Waals surface area (Å²) in [7, 11) is 1.52. The lowest BCUT2D eigenvalue weighted by Gasteiger charge is -2.23. The Labute approximate surface area is 158 Å². The molecule has 0 atom stereocenters. The molecule has 0 aliphatic heterocycles. The third-order valence-corrected chi connectivity index (χ3v) is 4.54. The number of hydrogen-bond donors (Lipinski definition) is 2. The highest BCUT2D eigenvalue weighted by atomic mass is 35.5. The highest BCUT2D eigenvalue weighted by molar-refractivity contribution is 6.32. The van der Waals surface area contributed by atoms with Crippen LogP contribution in [-0.4, -0.2) is 18.9 Å². The van der Waals surface area contributed by atoms with Crippen molar-refractivity contribution in [2.75, 3.05) is 12.4 Å². The number of benzene rings is 2. The van der Waals surface area contributed by atoms with Gasteiger partial charge in [-0.2, -0.15) is 0 Å². The zero-order chi connectivity index (χ0) is 19.3. The van der Waals surface area contributed by atoms with Gasteiger partial charge in [0.15, 0.2) is 0 Å². The fraction of sp³-hybridized carbons (Fsp3) is 0.300. The normalized spacial score (nSPS) is 11.0. The molecule has 0 heterocycles. The number of halogens is 1. The van der Waals surface area contributed by atoms with E-state index >= 15 is 0 Å². The third-order valence-electron chi connectivity index (χ3n) is 4.25. The molecule has 5 nitrogen and oxygen atoms in total. The molecule has 0 aliphatic carbocycles. The highest BCUT2D eigenvalue weighted by Crippen LogP contribution is 2.28. The van der Waals surface area contributed by atoms with Crippen LogP contribution in [0.3, 0.4) is 0 Å². The van der Waals surface area contributed by atoms with E-state index in [1.54, 1.807) is 32.0 Å². The second-order valence-corrected chi connectivity index (χ2v) is 6.94. The molecule has 0 fully saturated rings. The summed E-state index contributed by atoms with van der Waals surface area (Å²) < 4.78 is 5.09. The first kappa shape index (κ1) is 19.8. The van der Waals surface area contributed by atoms with Gasteiger partial charge in [-0.25, -0.2) is 0 Å². The van der Waals surface area contributed by atoms with Crippen molar-refractivity contribution in [3.63, 3.8) is 0 Å². The summed E-state index contributed by atoms with van der Waals surface area (Å²) in [5.74, 6) is -0.251. The molecule has 6 heteroatoms. The molecule has 26 heavy (non-hydrogen) atoms. The van der Waals surface area contributed by atoms with E-state index in [1.807, 2.05) is 31.2 Å². The Morgan fingerprint density at radius 3 is 2.42 bits per heavy atom. The number of carbonyl (C=O) groups is 2. The zero-order valence-electron chi connectivity index (χ0n) is 15.4. The van der Waals surface area contributed by atoms with Crippen LogP contribution in [0.15, 0.2) is 42.5 Å². The van der Waals surface area contributed by atoms with Crippen molar-refractivity contribution in [2.24, 2.45) is 5.41 Å². The first-order valence-electron chi connectivity index (χ1n) is 8.23. The number of hydrogen-bond acceptors (Lipinski definition) is 3. The highest BCUT2D eigenvalue weighted by Gasteiger charge is 2.36. The second kappa shape index (κ2) is 8.23. The van der Waals surface area contributed by atoms with Crippen LogP contribution in [0, 0.1) is 12.3 Å². The van der Waals surface area contributed by atoms with E-state index in [-0.39, 0.29) is 5.91 Å². The van der Waals surface area contributed by atoms with E-state index < -0.39 is 11.3 Å². The molecule has 0 radical (unpaired) electrons. The topological polar surface area (TPSA) is 67.4 Å². The molecule has 2 aromatic rings. The summed E-state index contributed by atoms with van der Waals surface area (Å²) >= 11 is 6.07. The summed E-state index contributed by atoms with van der Waals surface area (Å²) in [4.78, 5) is 25.1. The molecule has 0 aliphatic rings. The minimum atomic E-state index is -1.24. The van der Waals surface area contributed by atoms with Crippen LogP contribution in [0.1, 0.15) is 25.0 Å². The number of anilines is 1. The monoisotopic (exact) mass is 374 g/mol. The fourth-order valence-electron chi connectivity index (χ4n) is 2.34. The Bertz CT molecular complexity index is 818. The lowest BCUT2D eigenvalue weighted by Crippen LogP contribution is -2.44. The standard InChI is InChI=1S/C20H23ClN2O3/c1-13-7-5-6-8-14(13)12-22-18(24)20(2,3)19(25)23-15-9-10-17(26-4)16(21)11-15/h5-11H,12H2,1-4H3,(H,22,24)(H,23,25). The van der Waals surface area contributed by atoms with Crippen LogP contribution >= 0.6 is 11.6 Å². The van der Waals surface area contributed by atoms with Gasteiger partial charge in [0.1, 0.15) is 11.2 Å². The van der Waals surface area contributed by atoms with Gasteiger partial charge in [-0.1, -0.05) is 35.9 Å². The Hall–Kier alpha value is -2.53. The molecule has 138 valence electrons. The summed E-state index contributed by atoms with van der Waals surface area (Å²) in [5.41, 5.74) is 1.36. The average molecular weight is 375 g/mol. The van der Waals surface area contributed by atoms with Gasteiger partial charge < -0.3 is 15.4 Å². The first-order chi connectivity index (χ1) is 12.3. The van der Waals surface area contributed by atoms with Crippen LogP contribution < -0.4 is 15.4 Å². The summed E-state index contributed by atoms with van der Waals surface area (Å²) in [5, 5.41) is 5.94. The molecular formula is C20H23ClN2O3. The second-order valence-electron chi connectivity index (χ2n) is 6.54. The van der Waals surface area contributed by atoms with E-state index in [2.05, 4.69) is 10.6 Å². The fourth-order valence-corrected chi connectivity index (χ4v) is 2.60. The van der Waals surface area contributed by atoms with Crippen molar-refractivity contribution < 1.29 is 14.3 Å². The number of ether oxygens (including phenoxy) is 1. The maximum Gasteiger partial charge on any atom is 0.239 e. The van der Waals surface area contributed by atoms with Crippen LogP contribution in [0.25, 0.3) is 0 Å².